The number of hydrogen-bond donors (Lipinski definition) is 3. The number of benzene rings is 1. The van der Waals surface area contributed by atoms with Crippen LogP contribution in [-0.2, 0) is 0 Å². The van der Waals surface area contributed by atoms with Gasteiger partial charge in [-0.25, -0.2) is 9.59 Å². The topological polar surface area (TPSA) is 78.4 Å². The van der Waals surface area contributed by atoms with Gasteiger partial charge < -0.3 is 15.7 Å². The summed E-state index contributed by atoms with van der Waals surface area (Å²) >= 11 is 0. The van der Waals surface area contributed by atoms with Gasteiger partial charge in [-0.1, -0.05) is 26.3 Å². The largest absolute Gasteiger partial charge is 0.478 e. The van der Waals surface area contributed by atoms with Crippen LogP contribution in [0.4, 0.5) is 10.5 Å². The minimum Gasteiger partial charge on any atom is -0.478 e. The SMILES string of the molecule is CCC(C)C(C)NC(=O)Nc1cccc(C(=O)O)c1C. The van der Waals surface area contributed by atoms with E-state index in [1.165, 1.54) is 6.07 Å². The first-order valence-electron chi connectivity index (χ1n) is 6.77. The smallest absolute Gasteiger partial charge is 0.336 e. The van der Waals surface area contributed by atoms with E-state index >= 15 is 0 Å². The number of rotatable bonds is 5. The minimum absolute atomic E-state index is 0.0583. The molecule has 0 aliphatic rings. The van der Waals surface area contributed by atoms with Crippen LogP contribution in [0.2, 0.25) is 0 Å². The van der Waals surface area contributed by atoms with Gasteiger partial charge >= 0.3 is 12.0 Å². The molecule has 0 spiro atoms. The van der Waals surface area contributed by atoms with Gasteiger partial charge in [0.25, 0.3) is 0 Å². The molecule has 0 saturated carbocycles. The summed E-state index contributed by atoms with van der Waals surface area (Å²) in [5, 5.41) is 14.6. The fraction of sp³-hybridized carbons (Fsp3) is 0.467. The monoisotopic (exact) mass is 278 g/mol. The highest BCUT2D eigenvalue weighted by Crippen LogP contribution is 2.19. The van der Waals surface area contributed by atoms with Crippen molar-refractivity contribution in [1.82, 2.24) is 5.32 Å². The number of nitrogens with one attached hydrogen (secondary N) is 2. The summed E-state index contributed by atoms with van der Waals surface area (Å²) in [6.45, 7) is 7.77. The van der Waals surface area contributed by atoms with E-state index in [1.807, 2.05) is 6.92 Å². The average Bonchev–Trinajstić information content (AvgIpc) is 2.39. The van der Waals surface area contributed by atoms with Gasteiger partial charge in [0.05, 0.1) is 5.56 Å². The van der Waals surface area contributed by atoms with E-state index < -0.39 is 5.97 Å². The minimum atomic E-state index is -1.00. The summed E-state index contributed by atoms with van der Waals surface area (Å²) in [6, 6.07) is 4.56. The Bertz CT molecular complexity index is 500. The van der Waals surface area contributed by atoms with Gasteiger partial charge in [0.1, 0.15) is 0 Å². The number of carboxylic acids is 1. The van der Waals surface area contributed by atoms with Gasteiger partial charge in [-0.3, -0.25) is 0 Å². The summed E-state index contributed by atoms with van der Waals surface area (Å²) in [6.07, 6.45) is 0.981. The molecule has 1 aromatic rings. The molecule has 1 aromatic carbocycles. The lowest BCUT2D eigenvalue weighted by atomic mass is 10.0. The number of carbonyl (C=O) groups is 2. The molecule has 0 bridgehead atoms. The van der Waals surface area contributed by atoms with Crippen LogP contribution in [0.15, 0.2) is 18.2 Å². The fourth-order valence-corrected chi connectivity index (χ4v) is 1.86. The van der Waals surface area contributed by atoms with Crippen molar-refractivity contribution in [1.29, 1.82) is 0 Å². The molecular weight excluding hydrogens is 256 g/mol. The van der Waals surface area contributed by atoms with Crippen LogP contribution >= 0.6 is 0 Å². The van der Waals surface area contributed by atoms with Crippen molar-refractivity contribution in [2.45, 2.75) is 40.2 Å². The predicted octanol–water partition coefficient (Wildman–Crippen LogP) is 3.25. The molecule has 0 saturated heterocycles. The van der Waals surface area contributed by atoms with Crippen molar-refractivity contribution in [2.75, 3.05) is 5.32 Å². The number of anilines is 1. The quantitative estimate of drug-likeness (QED) is 0.773. The maximum Gasteiger partial charge on any atom is 0.336 e. The van der Waals surface area contributed by atoms with E-state index in [4.69, 9.17) is 5.11 Å². The first-order chi connectivity index (χ1) is 9.36. The van der Waals surface area contributed by atoms with Gasteiger partial charge in [0.2, 0.25) is 0 Å². The van der Waals surface area contributed by atoms with Crippen LogP contribution in [0, 0.1) is 12.8 Å². The third kappa shape index (κ3) is 3.98. The molecule has 2 amide bonds. The fourth-order valence-electron chi connectivity index (χ4n) is 1.86. The molecular formula is C15H22N2O3. The number of aromatic carboxylic acids is 1. The first kappa shape index (κ1) is 16.0. The van der Waals surface area contributed by atoms with E-state index in [0.717, 1.165) is 6.42 Å². The molecule has 5 heteroatoms. The average molecular weight is 278 g/mol. The molecule has 0 fully saturated rings. The number of hydrogen-bond acceptors (Lipinski definition) is 2. The van der Waals surface area contributed by atoms with Crippen molar-refractivity contribution >= 4 is 17.7 Å². The zero-order chi connectivity index (χ0) is 15.3. The van der Waals surface area contributed by atoms with Crippen LogP contribution in [0.25, 0.3) is 0 Å². The molecule has 2 unspecified atom stereocenters. The summed E-state index contributed by atoms with van der Waals surface area (Å²) in [4.78, 5) is 22.9. The lowest BCUT2D eigenvalue weighted by Crippen LogP contribution is -2.39. The lowest BCUT2D eigenvalue weighted by Gasteiger charge is -2.20. The maximum atomic E-state index is 11.9. The van der Waals surface area contributed by atoms with Crippen LogP contribution in [0.3, 0.4) is 0 Å². The van der Waals surface area contributed by atoms with Crippen LogP contribution in [-0.4, -0.2) is 23.1 Å². The molecule has 0 aliphatic carbocycles. The van der Waals surface area contributed by atoms with Gasteiger partial charge in [-0.15, -0.1) is 0 Å². The van der Waals surface area contributed by atoms with Crippen LogP contribution < -0.4 is 10.6 Å². The van der Waals surface area contributed by atoms with Gasteiger partial charge in [0, 0.05) is 11.7 Å². The van der Waals surface area contributed by atoms with E-state index in [9.17, 15) is 9.59 Å². The van der Waals surface area contributed by atoms with Crippen molar-refractivity contribution in [2.24, 2.45) is 5.92 Å². The van der Waals surface area contributed by atoms with Gasteiger partial charge in [0.15, 0.2) is 0 Å². The summed E-state index contributed by atoms with van der Waals surface area (Å²) in [7, 11) is 0. The predicted molar refractivity (Wildman–Crippen MR) is 79.2 cm³/mol. The highest BCUT2D eigenvalue weighted by atomic mass is 16.4. The van der Waals surface area contributed by atoms with Crippen molar-refractivity contribution in [3.8, 4) is 0 Å². The number of carbonyl (C=O) groups excluding carboxylic acids is 1. The Hall–Kier alpha value is -2.04. The highest BCUT2D eigenvalue weighted by molar-refractivity contribution is 5.95. The molecule has 0 aliphatic heterocycles. The van der Waals surface area contributed by atoms with E-state index in [1.54, 1.807) is 19.1 Å². The Morgan fingerprint density at radius 3 is 2.50 bits per heavy atom. The normalized spacial score (nSPS) is 13.4. The Kier molecular flexibility index (Phi) is 5.55. The summed E-state index contributed by atoms with van der Waals surface area (Å²) in [5.41, 5.74) is 1.25. The number of urea groups is 1. The Balaban J connectivity index is 2.76. The second kappa shape index (κ2) is 6.93. The summed E-state index contributed by atoms with van der Waals surface area (Å²) < 4.78 is 0. The van der Waals surface area contributed by atoms with E-state index in [-0.39, 0.29) is 17.6 Å². The second-order valence-electron chi connectivity index (χ2n) is 5.06. The molecule has 110 valence electrons. The standard InChI is InChI=1S/C15H22N2O3/c1-5-9(2)11(4)16-15(20)17-13-8-6-7-12(10(13)3)14(18)19/h6-9,11H,5H2,1-4H3,(H,18,19)(H2,16,17,20). The molecule has 2 atom stereocenters. The molecule has 3 N–H and O–H groups in total. The zero-order valence-corrected chi connectivity index (χ0v) is 12.4. The molecule has 5 nitrogen and oxygen atoms in total. The van der Waals surface area contributed by atoms with Crippen molar-refractivity contribution < 1.29 is 14.7 Å². The van der Waals surface area contributed by atoms with E-state index in [2.05, 4.69) is 24.5 Å². The zero-order valence-electron chi connectivity index (χ0n) is 12.4. The molecule has 1 rings (SSSR count). The summed E-state index contributed by atoms with van der Waals surface area (Å²) in [5.74, 6) is -0.619. The van der Waals surface area contributed by atoms with E-state index in [0.29, 0.717) is 17.2 Å². The third-order valence-corrected chi connectivity index (χ3v) is 3.67. The lowest BCUT2D eigenvalue weighted by molar-refractivity contribution is 0.0696. The van der Waals surface area contributed by atoms with Gasteiger partial charge in [-0.05, 0) is 37.5 Å². The van der Waals surface area contributed by atoms with Gasteiger partial charge in [-0.2, -0.15) is 0 Å². The first-order valence-corrected chi connectivity index (χ1v) is 6.77. The highest BCUT2D eigenvalue weighted by Gasteiger charge is 2.15. The Morgan fingerprint density at radius 1 is 1.30 bits per heavy atom. The molecule has 0 radical (unpaired) electrons. The molecule has 0 aromatic heterocycles. The Labute approximate surface area is 119 Å². The molecule has 0 heterocycles. The second-order valence-corrected chi connectivity index (χ2v) is 5.06. The van der Waals surface area contributed by atoms with Crippen LogP contribution in [0.5, 0.6) is 0 Å². The maximum absolute atomic E-state index is 11.9. The number of amides is 2. The Morgan fingerprint density at radius 2 is 1.95 bits per heavy atom. The van der Waals surface area contributed by atoms with Crippen molar-refractivity contribution in [3.05, 3.63) is 29.3 Å². The van der Waals surface area contributed by atoms with Crippen LogP contribution in [0.1, 0.15) is 43.1 Å². The number of carboxylic acid groups (broad SMARTS) is 1. The molecule has 20 heavy (non-hydrogen) atoms. The van der Waals surface area contributed by atoms with Crippen molar-refractivity contribution in [3.63, 3.8) is 0 Å². The third-order valence-electron chi connectivity index (χ3n) is 3.67.